The van der Waals surface area contributed by atoms with E-state index >= 15 is 0 Å². The fourth-order valence-corrected chi connectivity index (χ4v) is 3.66. The number of piperazine rings is 1. The maximum atomic E-state index is 4.70. The summed E-state index contributed by atoms with van der Waals surface area (Å²) >= 11 is 0. The first-order chi connectivity index (χ1) is 12.8. The summed E-state index contributed by atoms with van der Waals surface area (Å²) in [6.45, 7) is 6.51. The molecule has 0 bridgehead atoms. The molecule has 2 saturated heterocycles. The summed E-state index contributed by atoms with van der Waals surface area (Å²) in [4.78, 5) is 16.2. The lowest BCUT2D eigenvalue weighted by Crippen LogP contribution is -2.44. The van der Waals surface area contributed by atoms with E-state index in [0.717, 1.165) is 37.7 Å². The van der Waals surface area contributed by atoms with Crippen LogP contribution in [0.1, 0.15) is 19.3 Å². The van der Waals surface area contributed by atoms with Crippen molar-refractivity contribution >= 4 is 23.1 Å². The molecule has 0 saturated carbocycles. The van der Waals surface area contributed by atoms with Crippen molar-refractivity contribution < 1.29 is 0 Å². The average Bonchev–Trinajstić information content (AvgIpc) is 2.70. The molecule has 1 aromatic carbocycles. The van der Waals surface area contributed by atoms with E-state index in [1.807, 2.05) is 12.3 Å². The van der Waals surface area contributed by atoms with E-state index in [1.54, 1.807) is 0 Å². The lowest BCUT2D eigenvalue weighted by atomic mass is 10.1. The second kappa shape index (κ2) is 7.91. The van der Waals surface area contributed by atoms with Crippen molar-refractivity contribution in [2.75, 3.05) is 61.4 Å². The Balaban J connectivity index is 1.41. The van der Waals surface area contributed by atoms with Gasteiger partial charge in [0.1, 0.15) is 5.82 Å². The predicted octanol–water partition coefficient (Wildman–Crippen LogP) is 2.96. The molecule has 0 aliphatic carbocycles. The summed E-state index contributed by atoms with van der Waals surface area (Å²) in [6, 6.07) is 10.6. The van der Waals surface area contributed by atoms with Gasteiger partial charge in [-0.15, -0.1) is 0 Å². The molecule has 138 valence electrons. The third-order valence-electron chi connectivity index (χ3n) is 5.31. The minimum atomic E-state index is 0.659. The minimum Gasteiger partial charge on any atom is -0.372 e. The van der Waals surface area contributed by atoms with E-state index in [9.17, 15) is 0 Å². The zero-order valence-corrected chi connectivity index (χ0v) is 15.6. The molecular weight excluding hydrogens is 324 g/mol. The van der Waals surface area contributed by atoms with Gasteiger partial charge in [-0.05, 0) is 56.6 Å². The molecule has 0 radical (unpaired) electrons. The number of likely N-dealkylation sites (N-methyl/N-ethyl adjacent to an activating group) is 1. The van der Waals surface area contributed by atoms with Crippen LogP contribution in [-0.2, 0) is 0 Å². The van der Waals surface area contributed by atoms with E-state index < -0.39 is 0 Å². The molecule has 0 spiro atoms. The highest BCUT2D eigenvalue weighted by Crippen LogP contribution is 2.23. The van der Waals surface area contributed by atoms with Gasteiger partial charge in [-0.3, -0.25) is 0 Å². The predicted molar refractivity (Wildman–Crippen MR) is 108 cm³/mol. The molecule has 0 atom stereocenters. The molecule has 1 aromatic heterocycles. The van der Waals surface area contributed by atoms with Crippen LogP contribution >= 0.6 is 0 Å². The van der Waals surface area contributed by atoms with Crippen LogP contribution in [0.2, 0.25) is 0 Å². The first-order valence-electron chi connectivity index (χ1n) is 9.66. The number of hydrogen-bond acceptors (Lipinski definition) is 6. The zero-order chi connectivity index (χ0) is 17.8. The molecule has 6 nitrogen and oxygen atoms in total. The van der Waals surface area contributed by atoms with Gasteiger partial charge in [0, 0.05) is 56.8 Å². The van der Waals surface area contributed by atoms with Gasteiger partial charge in [0.2, 0.25) is 5.95 Å². The number of benzene rings is 1. The van der Waals surface area contributed by atoms with E-state index in [1.165, 1.54) is 38.0 Å². The number of nitrogens with one attached hydrogen (secondary N) is 1. The van der Waals surface area contributed by atoms with Gasteiger partial charge >= 0.3 is 0 Å². The molecule has 2 aliphatic rings. The Bertz CT molecular complexity index is 702. The lowest BCUT2D eigenvalue weighted by molar-refractivity contribution is 0.312. The number of nitrogens with zero attached hydrogens (tertiary/aromatic N) is 5. The largest absolute Gasteiger partial charge is 0.372 e. The van der Waals surface area contributed by atoms with Gasteiger partial charge in [0.15, 0.2) is 0 Å². The fraction of sp³-hybridized carbons (Fsp3) is 0.500. The Labute approximate surface area is 155 Å². The SMILES string of the molecule is CN1CCN(c2ccnc(Nc3ccc(N4CCCCC4)cc3)n2)CC1. The molecule has 0 unspecified atom stereocenters. The highest BCUT2D eigenvalue weighted by molar-refractivity contribution is 5.60. The number of rotatable bonds is 4. The highest BCUT2D eigenvalue weighted by atomic mass is 15.3. The van der Waals surface area contributed by atoms with Gasteiger partial charge < -0.3 is 20.0 Å². The number of aromatic nitrogens is 2. The second-order valence-electron chi connectivity index (χ2n) is 7.25. The zero-order valence-electron chi connectivity index (χ0n) is 15.6. The number of piperidine rings is 1. The van der Waals surface area contributed by atoms with Gasteiger partial charge in [0.05, 0.1) is 0 Å². The first kappa shape index (κ1) is 17.1. The van der Waals surface area contributed by atoms with Crippen molar-refractivity contribution in [3.8, 4) is 0 Å². The van der Waals surface area contributed by atoms with E-state index in [2.05, 4.69) is 56.3 Å². The summed E-state index contributed by atoms with van der Waals surface area (Å²) < 4.78 is 0. The molecule has 2 aromatic rings. The summed E-state index contributed by atoms with van der Waals surface area (Å²) in [6.07, 6.45) is 5.79. The van der Waals surface area contributed by atoms with Crippen LogP contribution in [0.5, 0.6) is 0 Å². The van der Waals surface area contributed by atoms with Crippen LogP contribution < -0.4 is 15.1 Å². The monoisotopic (exact) mass is 352 g/mol. The molecular formula is C20H28N6. The molecule has 26 heavy (non-hydrogen) atoms. The number of hydrogen-bond donors (Lipinski definition) is 1. The topological polar surface area (TPSA) is 47.5 Å². The normalized spacial score (nSPS) is 18.8. The molecule has 4 rings (SSSR count). The Morgan fingerprint density at radius 1 is 0.808 bits per heavy atom. The van der Waals surface area contributed by atoms with Crippen LogP contribution in [-0.4, -0.2) is 61.2 Å². The molecule has 2 fully saturated rings. The third kappa shape index (κ3) is 4.07. The Morgan fingerprint density at radius 3 is 2.27 bits per heavy atom. The maximum Gasteiger partial charge on any atom is 0.229 e. The smallest absolute Gasteiger partial charge is 0.229 e. The third-order valence-corrected chi connectivity index (χ3v) is 5.31. The van der Waals surface area contributed by atoms with Crippen LogP contribution in [0.3, 0.4) is 0 Å². The van der Waals surface area contributed by atoms with Crippen LogP contribution in [0.25, 0.3) is 0 Å². The van der Waals surface area contributed by atoms with Crippen LogP contribution in [0, 0.1) is 0 Å². The highest BCUT2D eigenvalue weighted by Gasteiger charge is 2.16. The standard InChI is InChI=1S/C20H28N6/c1-24-13-15-26(16-14-24)19-9-10-21-20(23-19)22-17-5-7-18(8-6-17)25-11-3-2-4-12-25/h5-10H,2-4,11-16H2,1H3,(H,21,22,23). The van der Waals surface area contributed by atoms with E-state index in [-0.39, 0.29) is 0 Å². The molecule has 2 aliphatic heterocycles. The van der Waals surface area contributed by atoms with Crippen molar-refractivity contribution in [1.29, 1.82) is 0 Å². The van der Waals surface area contributed by atoms with Crippen molar-refractivity contribution in [3.05, 3.63) is 36.5 Å². The van der Waals surface area contributed by atoms with Crippen LogP contribution in [0.15, 0.2) is 36.5 Å². The van der Waals surface area contributed by atoms with Gasteiger partial charge in [0.25, 0.3) is 0 Å². The summed E-state index contributed by atoms with van der Waals surface area (Å²) in [5.41, 5.74) is 2.34. The summed E-state index contributed by atoms with van der Waals surface area (Å²) in [7, 11) is 2.16. The van der Waals surface area contributed by atoms with Crippen molar-refractivity contribution in [2.45, 2.75) is 19.3 Å². The molecule has 6 heteroatoms. The van der Waals surface area contributed by atoms with Crippen molar-refractivity contribution in [2.24, 2.45) is 0 Å². The first-order valence-corrected chi connectivity index (χ1v) is 9.66. The quantitative estimate of drug-likeness (QED) is 0.913. The van der Waals surface area contributed by atoms with Gasteiger partial charge in [-0.25, -0.2) is 4.98 Å². The fourth-order valence-electron chi connectivity index (χ4n) is 3.66. The number of anilines is 4. The van der Waals surface area contributed by atoms with Crippen LogP contribution in [0.4, 0.5) is 23.1 Å². The Kier molecular flexibility index (Phi) is 5.20. The summed E-state index contributed by atoms with van der Waals surface area (Å²) in [5, 5.41) is 3.34. The van der Waals surface area contributed by atoms with E-state index in [0.29, 0.717) is 5.95 Å². The molecule has 1 N–H and O–H groups in total. The van der Waals surface area contributed by atoms with Gasteiger partial charge in [-0.2, -0.15) is 4.98 Å². The van der Waals surface area contributed by atoms with E-state index in [4.69, 9.17) is 4.98 Å². The summed E-state index contributed by atoms with van der Waals surface area (Å²) in [5.74, 6) is 1.66. The maximum absolute atomic E-state index is 4.70. The Hall–Kier alpha value is -2.34. The lowest BCUT2D eigenvalue weighted by Gasteiger charge is -2.33. The van der Waals surface area contributed by atoms with Crippen molar-refractivity contribution in [1.82, 2.24) is 14.9 Å². The van der Waals surface area contributed by atoms with Crippen molar-refractivity contribution in [3.63, 3.8) is 0 Å². The van der Waals surface area contributed by atoms with Gasteiger partial charge in [-0.1, -0.05) is 0 Å². The Morgan fingerprint density at radius 2 is 1.54 bits per heavy atom. The minimum absolute atomic E-state index is 0.659. The average molecular weight is 352 g/mol. The molecule has 3 heterocycles. The molecule has 0 amide bonds. The second-order valence-corrected chi connectivity index (χ2v) is 7.25.